The van der Waals surface area contributed by atoms with Gasteiger partial charge in [-0.25, -0.2) is 4.79 Å². The normalized spacial score (nSPS) is 11.3. The third kappa shape index (κ3) is 5.31. The first kappa shape index (κ1) is 18.5. The number of allylic oxidation sites excluding steroid dienone is 1. The van der Waals surface area contributed by atoms with Gasteiger partial charge in [0, 0.05) is 5.56 Å². The summed E-state index contributed by atoms with van der Waals surface area (Å²) in [6.07, 6.45) is 3.31. The lowest BCUT2D eigenvalue weighted by Gasteiger charge is -2.24. The Morgan fingerprint density at radius 3 is 2.24 bits per heavy atom. The predicted octanol–water partition coefficient (Wildman–Crippen LogP) is 4.30. The van der Waals surface area contributed by atoms with Gasteiger partial charge in [-0.05, 0) is 56.7 Å². The quantitative estimate of drug-likeness (QED) is 0.429. The largest absolute Gasteiger partial charge is 0.476 e. The number of ketones is 1. The second-order valence-electron chi connectivity index (χ2n) is 5.97. The number of rotatable bonds is 7. The van der Waals surface area contributed by atoms with Crippen LogP contribution >= 0.6 is 0 Å². The molecule has 0 aliphatic heterocycles. The van der Waals surface area contributed by atoms with Gasteiger partial charge < -0.3 is 9.47 Å². The molecular formula is C21H22O4. The number of benzene rings is 2. The Kier molecular flexibility index (Phi) is 6.12. The summed E-state index contributed by atoms with van der Waals surface area (Å²) in [5.41, 5.74) is 0.426. The van der Waals surface area contributed by atoms with Gasteiger partial charge in [0.2, 0.25) is 0 Å². The van der Waals surface area contributed by atoms with Gasteiger partial charge in [0.1, 0.15) is 5.75 Å². The third-order valence-electron chi connectivity index (χ3n) is 3.51. The average molecular weight is 338 g/mol. The lowest BCUT2D eigenvalue weighted by Crippen LogP contribution is -2.39. The fourth-order valence-electron chi connectivity index (χ4n) is 2.16. The Bertz CT molecular complexity index is 743. The van der Waals surface area contributed by atoms with E-state index in [2.05, 4.69) is 0 Å². The molecule has 2 aromatic rings. The highest BCUT2D eigenvalue weighted by Crippen LogP contribution is 2.20. The van der Waals surface area contributed by atoms with E-state index in [0.29, 0.717) is 17.9 Å². The molecule has 2 aromatic carbocycles. The molecule has 0 atom stereocenters. The van der Waals surface area contributed by atoms with Gasteiger partial charge in [-0.1, -0.05) is 36.4 Å². The van der Waals surface area contributed by atoms with Gasteiger partial charge in [0.25, 0.3) is 0 Å². The summed E-state index contributed by atoms with van der Waals surface area (Å²) >= 11 is 0. The predicted molar refractivity (Wildman–Crippen MR) is 97.6 cm³/mol. The summed E-state index contributed by atoms with van der Waals surface area (Å²) in [5, 5.41) is 0. The van der Waals surface area contributed by atoms with Gasteiger partial charge >= 0.3 is 5.97 Å². The Morgan fingerprint density at radius 2 is 1.64 bits per heavy atom. The van der Waals surface area contributed by atoms with E-state index in [1.807, 2.05) is 30.3 Å². The molecule has 4 heteroatoms. The molecule has 2 rings (SSSR count). The van der Waals surface area contributed by atoms with Gasteiger partial charge in [-0.2, -0.15) is 0 Å². The van der Waals surface area contributed by atoms with Crippen molar-refractivity contribution in [2.24, 2.45) is 0 Å². The van der Waals surface area contributed by atoms with Crippen LogP contribution in [0.2, 0.25) is 0 Å². The van der Waals surface area contributed by atoms with Crippen molar-refractivity contribution in [1.29, 1.82) is 0 Å². The average Bonchev–Trinajstić information content (AvgIpc) is 2.61. The highest BCUT2D eigenvalue weighted by atomic mass is 16.6. The van der Waals surface area contributed by atoms with Crippen LogP contribution in [0.1, 0.15) is 36.7 Å². The maximum atomic E-state index is 12.2. The van der Waals surface area contributed by atoms with E-state index in [1.165, 1.54) is 6.08 Å². The highest BCUT2D eigenvalue weighted by molar-refractivity contribution is 6.06. The molecule has 0 N–H and O–H groups in total. The minimum Gasteiger partial charge on any atom is -0.476 e. The zero-order chi connectivity index (χ0) is 18.3. The fourth-order valence-corrected chi connectivity index (χ4v) is 2.16. The smallest absolute Gasteiger partial charge is 0.349 e. The lowest BCUT2D eigenvalue weighted by molar-refractivity contribution is -0.158. The standard InChI is InChI=1S/C21H22O4/c1-4-24-20(23)21(2,3)25-18-13-11-17(12-14-18)19(22)15-10-16-8-6-5-7-9-16/h5-15H,4H2,1-3H3/b15-10+. The van der Waals surface area contributed by atoms with Crippen LogP contribution in [0, 0.1) is 0 Å². The van der Waals surface area contributed by atoms with Gasteiger partial charge in [-0.3, -0.25) is 4.79 Å². The molecule has 0 saturated heterocycles. The second kappa shape index (κ2) is 8.29. The maximum Gasteiger partial charge on any atom is 0.349 e. The van der Waals surface area contributed by atoms with Crippen molar-refractivity contribution in [3.05, 3.63) is 71.8 Å². The van der Waals surface area contributed by atoms with Crippen LogP contribution in [0.3, 0.4) is 0 Å². The minimum atomic E-state index is -1.09. The van der Waals surface area contributed by atoms with Crippen molar-refractivity contribution in [3.63, 3.8) is 0 Å². The van der Waals surface area contributed by atoms with Crippen LogP contribution in [-0.4, -0.2) is 24.0 Å². The van der Waals surface area contributed by atoms with Crippen LogP contribution in [-0.2, 0) is 9.53 Å². The van der Waals surface area contributed by atoms with Crippen molar-refractivity contribution < 1.29 is 19.1 Å². The Balaban J connectivity index is 2.03. The number of esters is 1. The third-order valence-corrected chi connectivity index (χ3v) is 3.51. The van der Waals surface area contributed by atoms with E-state index in [-0.39, 0.29) is 5.78 Å². The monoisotopic (exact) mass is 338 g/mol. The van der Waals surface area contributed by atoms with Crippen LogP contribution in [0.15, 0.2) is 60.7 Å². The van der Waals surface area contributed by atoms with Crippen molar-refractivity contribution >= 4 is 17.8 Å². The molecular weight excluding hydrogens is 316 g/mol. The number of hydrogen-bond acceptors (Lipinski definition) is 4. The van der Waals surface area contributed by atoms with E-state index in [9.17, 15) is 9.59 Å². The Morgan fingerprint density at radius 1 is 1.00 bits per heavy atom. The summed E-state index contributed by atoms with van der Waals surface area (Å²) in [5.74, 6) is -0.0253. The SMILES string of the molecule is CCOC(=O)C(C)(C)Oc1ccc(C(=O)/C=C/c2ccccc2)cc1. The molecule has 0 amide bonds. The molecule has 0 heterocycles. The molecule has 0 unspecified atom stereocenters. The minimum absolute atomic E-state index is 0.0972. The van der Waals surface area contributed by atoms with Crippen molar-refractivity contribution in [2.45, 2.75) is 26.4 Å². The van der Waals surface area contributed by atoms with E-state index < -0.39 is 11.6 Å². The summed E-state index contributed by atoms with van der Waals surface area (Å²) in [7, 11) is 0. The number of carbonyl (C=O) groups excluding carboxylic acids is 2. The summed E-state index contributed by atoms with van der Waals surface area (Å²) in [6.45, 7) is 5.34. The summed E-state index contributed by atoms with van der Waals surface area (Å²) < 4.78 is 10.7. The van der Waals surface area contributed by atoms with E-state index in [0.717, 1.165) is 5.56 Å². The molecule has 0 aromatic heterocycles. The molecule has 0 spiro atoms. The molecule has 0 aliphatic rings. The maximum absolute atomic E-state index is 12.2. The molecule has 0 aliphatic carbocycles. The fraction of sp³-hybridized carbons (Fsp3) is 0.238. The highest BCUT2D eigenvalue weighted by Gasteiger charge is 2.31. The number of hydrogen-bond donors (Lipinski definition) is 0. The molecule has 0 saturated carbocycles. The molecule has 4 nitrogen and oxygen atoms in total. The van der Waals surface area contributed by atoms with Crippen LogP contribution in [0.4, 0.5) is 0 Å². The van der Waals surface area contributed by atoms with Crippen LogP contribution in [0.25, 0.3) is 6.08 Å². The Hall–Kier alpha value is -2.88. The molecule has 0 bridgehead atoms. The molecule has 130 valence electrons. The van der Waals surface area contributed by atoms with Crippen LogP contribution in [0.5, 0.6) is 5.75 Å². The van der Waals surface area contributed by atoms with Crippen molar-refractivity contribution in [1.82, 2.24) is 0 Å². The number of ether oxygens (including phenoxy) is 2. The zero-order valence-corrected chi connectivity index (χ0v) is 14.7. The van der Waals surface area contributed by atoms with E-state index in [4.69, 9.17) is 9.47 Å². The topological polar surface area (TPSA) is 52.6 Å². The Labute approximate surface area is 148 Å². The first-order valence-corrected chi connectivity index (χ1v) is 8.16. The van der Waals surface area contributed by atoms with Gasteiger partial charge in [-0.15, -0.1) is 0 Å². The van der Waals surface area contributed by atoms with Crippen molar-refractivity contribution in [2.75, 3.05) is 6.61 Å². The van der Waals surface area contributed by atoms with E-state index in [1.54, 1.807) is 51.1 Å². The second-order valence-corrected chi connectivity index (χ2v) is 5.97. The molecule has 25 heavy (non-hydrogen) atoms. The summed E-state index contributed by atoms with van der Waals surface area (Å²) in [6, 6.07) is 16.3. The molecule has 0 fully saturated rings. The zero-order valence-electron chi connectivity index (χ0n) is 14.7. The van der Waals surface area contributed by atoms with E-state index >= 15 is 0 Å². The van der Waals surface area contributed by atoms with Gasteiger partial charge in [0.05, 0.1) is 6.61 Å². The lowest BCUT2D eigenvalue weighted by atomic mass is 10.1. The summed E-state index contributed by atoms with van der Waals surface area (Å²) in [4.78, 5) is 24.1. The number of carbonyl (C=O) groups is 2. The van der Waals surface area contributed by atoms with Crippen molar-refractivity contribution in [3.8, 4) is 5.75 Å². The molecule has 0 radical (unpaired) electrons. The first-order valence-electron chi connectivity index (χ1n) is 8.16. The van der Waals surface area contributed by atoms with Crippen LogP contribution < -0.4 is 4.74 Å². The van der Waals surface area contributed by atoms with Gasteiger partial charge in [0.15, 0.2) is 11.4 Å². The first-order chi connectivity index (χ1) is 11.9.